The Labute approximate surface area is 846 Å². The van der Waals surface area contributed by atoms with Crippen LogP contribution in [0.3, 0.4) is 0 Å². The Morgan fingerprint density at radius 3 is 0.678 bits per heavy atom. The first-order valence-electron chi connectivity index (χ1n) is 50.0. The fraction of sp³-hybridized carbons (Fsp3) is 0.0143. The van der Waals surface area contributed by atoms with Gasteiger partial charge in [-0.3, -0.25) is 0 Å². The van der Waals surface area contributed by atoms with E-state index in [-0.39, 0.29) is 0 Å². The molecular weight excluding hydrogens is 1770 g/mol. The Bertz CT molecular complexity index is 9380. The zero-order valence-electron chi connectivity index (χ0n) is 79.6. The van der Waals surface area contributed by atoms with Crippen molar-refractivity contribution in [1.82, 2.24) is 29.9 Å². The molecule has 680 valence electrons. The molecule has 27 aromatic rings. The molecule has 0 amide bonds. The maximum atomic E-state index is 5.21. The lowest BCUT2D eigenvalue weighted by atomic mass is 9.67. The average molecular weight is 1860 g/mol. The van der Waals surface area contributed by atoms with Gasteiger partial charge in [-0.25, -0.2) is 29.9 Å². The van der Waals surface area contributed by atoms with Crippen LogP contribution >= 0.6 is 0 Å². The van der Waals surface area contributed by atoms with E-state index in [2.05, 4.69) is 546 Å². The first-order valence-corrected chi connectivity index (χ1v) is 50.0. The molecule has 0 aliphatic heterocycles. The molecule has 2 aliphatic carbocycles. The molecule has 0 atom stereocenters. The quantitative estimate of drug-likeness (QED) is 0.107. The van der Waals surface area contributed by atoms with E-state index in [1.54, 1.807) is 0 Å². The van der Waals surface area contributed by atoms with E-state index in [4.69, 9.17) is 29.9 Å². The number of rotatable bonds is 13. The highest BCUT2D eigenvalue weighted by atomic mass is 15.0. The van der Waals surface area contributed by atoms with Gasteiger partial charge in [-0.1, -0.05) is 473 Å². The standard InChI is InChI=1S/C51H34.C48H31N3.C41H25N3/c1-2-18-45(19-3-1)51(49-23-10-8-21-47(49)48-22-9-11-24-50(48)51)46-20-12-17-39(34-46)42-31-43(40-27-25-35-13-4-6-15-37(35)29-40)33-44(32-42)41-28-26-36-14-5-7-16-38(36)30-41;1-3-17-39(18-4-1)48(40-19-5-2-6-20-40)43-22-12-11-21-41(43)42-28-27-38(31-44(42)48)47-50-45(36-25-23-32-13-7-9-15-34(32)29-36)49-46(51-47)37-26-24-33-14-8-10-16-35(33)30-37;1-3-11-28-23-30(19-17-26(28)9-1)39-42-40(31-20-18-27-10-2-4-12-29(27)24-31)44-41(43-39)32-21-22-37-35-15-6-5-13-33(35)34-14-7-8-16-36(34)38(37)25-32/h1-34H;1-31H;1-25H. The van der Waals surface area contributed by atoms with Gasteiger partial charge in [0, 0.05) is 33.4 Å². The molecule has 0 fully saturated rings. The first-order chi connectivity index (χ1) is 72.3. The predicted molar refractivity (Wildman–Crippen MR) is 607 cm³/mol. The Hall–Kier alpha value is -19.1. The zero-order chi connectivity index (χ0) is 96.6. The summed E-state index contributed by atoms with van der Waals surface area (Å²) in [4.78, 5) is 30.8. The van der Waals surface area contributed by atoms with Gasteiger partial charge >= 0.3 is 0 Å². The van der Waals surface area contributed by atoms with Gasteiger partial charge in [-0.15, -0.1) is 0 Å². The molecule has 0 bridgehead atoms. The summed E-state index contributed by atoms with van der Waals surface area (Å²) in [6, 6.07) is 197. The normalized spacial score (nSPS) is 12.5. The fourth-order valence-electron chi connectivity index (χ4n) is 23.0. The van der Waals surface area contributed by atoms with Crippen molar-refractivity contribution >= 4 is 97.0 Å². The minimum atomic E-state index is -0.514. The van der Waals surface area contributed by atoms with Gasteiger partial charge in [-0.2, -0.15) is 0 Å². The van der Waals surface area contributed by atoms with E-state index in [0.717, 1.165) is 54.9 Å². The smallest absolute Gasteiger partial charge is 0.164 e. The molecule has 6 heteroatoms. The molecule has 0 saturated heterocycles. The molecule has 25 aromatic carbocycles. The lowest BCUT2D eigenvalue weighted by Gasteiger charge is -2.34. The van der Waals surface area contributed by atoms with Crippen LogP contribution in [0.25, 0.3) is 221 Å². The molecule has 2 aliphatic rings. The highest BCUT2D eigenvalue weighted by molar-refractivity contribution is 6.26. The van der Waals surface area contributed by atoms with E-state index in [1.165, 1.54) is 176 Å². The summed E-state index contributed by atoms with van der Waals surface area (Å²) in [5.74, 6) is 3.92. The lowest BCUT2D eigenvalue weighted by Crippen LogP contribution is -2.28. The van der Waals surface area contributed by atoms with Crippen LogP contribution in [-0.2, 0) is 10.8 Å². The van der Waals surface area contributed by atoms with Crippen LogP contribution in [0.5, 0.6) is 0 Å². The van der Waals surface area contributed by atoms with Gasteiger partial charge in [-0.05, 0) is 270 Å². The Balaban J connectivity index is 0.000000109. The van der Waals surface area contributed by atoms with Gasteiger partial charge in [0.15, 0.2) is 34.9 Å². The molecule has 0 radical (unpaired) electrons. The van der Waals surface area contributed by atoms with Crippen LogP contribution in [-0.4, -0.2) is 29.9 Å². The average Bonchev–Trinajstić information content (AvgIpc) is 1.54. The predicted octanol–water partition coefficient (Wildman–Crippen LogP) is 35.5. The van der Waals surface area contributed by atoms with Gasteiger partial charge in [0.2, 0.25) is 0 Å². The molecule has 6 nitrogen and oxygen atoms in total. The van der Waals surface area contributed by atoms with Gasteiger partial charge in [0.05, 0.1) is 10.8 Å². The maximum absolute atomic E-state index is 5.21. The fourth-order valence-corrected chi connectivity index (χ4v) is 23.0. The van der Waals surface area contributed by atoms with Crippen LogP contribution in [0.1, 0.15) is 44.5 Å². The summed E-state index contributed by atoms with van der Waals surface area (Å²) in [5.41, 5.74) is 27.3. The third-order valence-electron chi connectivity index (χ3n) is 29.9. The van der Waals surface area contributed by atoms with Crippen molar-refractivity contribution < 1.29 is 0 Å². The van der Waals surface area contributed by atoms with E-state index in [1.807, 2.05) is 0 Å². The van der Waals surface area contributed by atoms with Crippen molar-refractivity contribution in [3.05, 3.63) is 590 Å². The molecule has 146 heavy (non-hydrogen) atoms. The number of hydrogen-bond donors (Lipinski definition) is 0. The third-order valence-corrected chi connectivity index (χ3v) is 29.9. The number of benzene rings is 25. The van der Waals surface area contributed by atoms with Crippen LogP contribution in [0.2, 0.25) is 0 Å². The molecule has 29 rings (SSSR count). The largest absolute Gasteiger partial charge is 0.208 e. The summed E-state index contributed by atoms with van der Waals surface area (Å²) in [6.45, 7) is 0. The van der Waals surface area contributed by atoms with Crippen LogP contribution in [0.15, 0.2) is 546 Å². The Morgan fingerprint density at radius 2 is 0.336 bits per heavy atom. The van der Waals surface area contributed by atoms with Crippen molar-refractivity contribution in [2.24, 2.45) is 0 Å². The molecule has 0 unspecified atom stereocenters. The highest BCUT2D eigenvalue weighted by Crippen LogP contribution is 2.59. The monoisotopic (exact) mass is 1850 g/mol. The topological polar surface area (TPSA) is 77.3 Å². The summed E-state index contributed by atoms with van der Waals surface area (Å²) in [5, 5.41) is 21.7. The van der Waals surface area contributed by atoms with Crippen LogP contribution in [0, 0.1) is 0 Å². The number of hydrogen-bond acceptors (Lipinski definition) is 6. The SMILES string of the molecule is c1ccc(C2(c3cccc(-c4cc(-c5ccc6ccccc6c5)cc(-c5ccc6ccccc6c5)c4)c3)c3ccccc3-c3ccccc32)cc1.c1ccc(C2(c3ccccc3)c3ccccc3-c3ccc(-c4nc(-c5ccc6ccccc6c5)nc(-c5ccc6ccccc6c5)n4)cc32)cc1.c1ccc2cc(-c3nc(-c4ccc5ccccc5c4)nc(-c4ccc5c6ccccc6c6ccccc6c5c4)n3)ccc2c1. The zero-order valence-corrected chi connectivity index (χ0v) is 79.6. The second-order valence-corrected chi connectivity index (χ2v) is 38.2. The van der Waals surface area contributed by atoms with Crippen molar-refractivity contribution in [3.63, 3.8) is 0 Å². The third kappa shape index (κ3) is 15.1. The molecule has 0 spiro atoms. The van der Waals surface area contributed by atoms with Crippen molar-refractivity contribution in [2.45, 2.75) is 10.8 Å². The second kappa shape index (κ2) is 36.2. The van der Waals surface area contributed by atoms with Crippen LogP contribution < -0.4 is 0 Å². The number of aromatic nitrogens is 6. The summed E-state index contributed by atoms with van der Waals surface area (Å²) in [6.07, 6.45) is 0. The molecule has 2 heterocycles. The summed E-state index contributed by atoms with van der Waals surface area (Å²) >= 11 is 0. The molecule has 0 N–H and O–H groups in total. The van der Waals surface area contributed by atoms with Crippen molar-refractivity contribution in [3.8, 4) is 124 Å². The van der Waals surface area contributed by atoms with Crippen molar-refractivity contribution in [2.75, 3.05) is 0 Å². The van der Waals surface area contributed by atoms with E-state index in [9.17, 15) is 0 Å². The minimum Gasteiger partial charge on any atom is -0.208 e. The lowest BCUT2D eigenvalue weighted by molar-refractivity contribution is 0.768. The minimum absolute atomic E-state index is 0.443. The second-order valence-electron chi connectivity index (χ2n) is 38.2. The van der Waals surface area contributed by atoms with Gasteiger partial charge in [0.25, 0.3) is 0 Å². The number of nitrogens with zero attached hydrogens (tertiary/aromatic N) is 6. The molecule has 0 saturated carbocycles. The van der Waals surface area contributed by atoms with E-state index >= 15 is 0 Å². The van der Waals surface area contributed by atoms with Crippen molar-refractivity contribution in [1.29, 1.82) is 0 Å². The molecule has 2 aromatic heterocycles. The van der Waals surface area contributed by atoms with E-state index < -0.39 is 10.8 Å². The Morgan fingerprint density at radius 1 is 0.110 bits per heavy atom. The summed E-state index contributed by atoms with van der Waals surface area (Å²) < 4.78 is 0. The van der Waals surface area contributed by atoms with Gasteiger partial charge in [0.1, 0.15) is 0 Å². The Kier molecular flexibility index (Phi) is 21.3. The van der Waals surface area contributed by atoms with E-state index in [0.29, 0.717) is 34.9 Å². The first kappa shape index (κ1) is 86.0. The molecular formula is C140H90N6. The maximum Gasteiger partial charge on any atom is 0.164 e. The number of fused-ring (bicyclic) bond motifs is 18. The highest BCUT2D eigenvalue weighted by Gasteiger charge is 2.48. The summed E-state index contributed by atoms with van der Waals surface area (Å²) in [7, 11) is 0. The van der Waals surface area contributed by atoms with Gasteiger partial charge < -0.3 is 0 Å². The van der Waals surface area contributed by atoms with Crippen LogP contribution in [0.4, 0.5) is 0 Å².